The van der Waals surface area contributed by atoms with E-state index in [1.54, 1.807) is 25.3 Å². The minimum Gasteiger partial charge on any atom is -0.496 e. The van der Waals surface area contributed by atoms with Crippen LogP contribution >= 0.6 is 0 Å². The van der Waals surface area contributed by atoms with E-state index in [1.807, 2.05) is 6.92 Å². The average Bonchev–Trinajstić information content (AvgIpc) is 2.98. The molecule has 1 aromatic rings. The molecule has 1 aromatic carbocycles. The van der Waals surface area contributed by atoms with Crippen molar-refractivity contribution in [2.24, 2.45) is 0 Å². The van der Waals surface area contributed by atoms with Gasteiger partial charge in [0.2, 0.25) is 10.0 Å². The first kappa shape index (κ1) is 16.3. The van der Waals surface area contributed by atoms with Crippen LogP contribution in [0.1, 0.15) is 31.2 Å². The molecule has 0 amide bonds. The maximum Gasteiger partial charge on any atom is 0.243 e. The summed E-state index contributed by atoms with van der Waals surface area (Å²) in [6.07, 6.45) is 3.83. The fourth-order valence-corrected chi connectivity index (χ4v) is 4.70. The van der Waals surface area contributed by atoms with E-state index in [0.29, 0.717) is 5.75 Å². The highest BCUT2D eigenvalue weighted by Crippen LogP contribution is 2.30. The van der Waals surface area contributed by atoms with E-state index in [1.165, 1.54) is 4.31 Å². The van der Waals surface area contributed by atoms with Gasteiger partial charge in [-0.3, -0.25) is 0 Å². The molecule has 0 aliphatic heterocycles. The van der Waals surface area contributed by atoms with Crippen LogP contribution < -0.4 is 4.74 Å². The van der Waals surface area contributed by atoms with Gasteiger partial charge >= 0.3 is 0 Å². The third-order valence-corrected chi connectivity index (χ3v) is 5.97. The minimum atomic E-state index is -3.58. The van der Waals surface area contributed by atoms with Gasteiger partial charge in [-0.2, -0.15) is 4.31 Å². The molecule has 0 saturated heterocycles. The number of aliphatic hydroxyl groups excluding tert-OH is 1. The highest BCUT2D eigenvalue weighted by molar-refractivity contribution is 7.89. The fourth-order valence-electron chi connectivity index (χ4n) is 2.94. The zero-order valence-electron chi connectivity index (χ0n) is 12.6. The third kappa shape index (κ3) is 3.39. The number of methoxy groups -OCH3 is 1. The van der Waals surface area contributed by atoms with Gasteiger partial charge in [0.15, 0.2) is 0 Å². The van der Waals surface area contributed by atoms with Crippen molar-refractivity contribution in [2.75, 3.05) is 20.3 Å². The molecule has 1 aliphatic carbocycles. The van der Waals surface area contributed by atoms with Crippen molar-refractivity contribution in [3.8, 4) is 5.75 Å². The Morgan fingerprint density at radius 2 is 2.00 bits per heavy atom. The molecule has 0 heterocycles. The van der Waals surface area contributed by atoms with E-state index in [9.17, 15) is 13.5 Å². The molecule has 0 unspecified atom stereocenters. The average molecular weight is 313 g/mol. The molecule has 1 saturated carbocycles. The van der Waals surface area contributed by atoms with Gasteiger partial charge in [0.1, 0.15) is 5.75 Å². The number of benzene rings is 1. The van der Waals surface area contributed by atoms with Crippen LogP contribution in [-0.4, -0.2) is 44.1 Å². The van der Waals surface area contributed by atoms with Crippen LogP contribution in [0.15, 0.2) is 23.1 Å². The van der Waals surface area contributed by atoms with Crippen molar-refractivity contribution in [1.29, 1.82) is 0 Å². The summed E-state index contributed by atoms with van der Waals surface area (Å²) in [5.41, 5.74) is 0.786. The molecule has 0 radical (unpaired) electrons. The number of aryl methyl sites for hydroxylation is 1. The second kappa shape index (κ2) is 6.77. The summed E-state index contributed by atoms with van der Waals surface area (Å²) in [6, 6.07) is 4.88. The van der Waals surface area contributed by atoms with Crippen LogP contribution in [0, 0.1) is 6.92 Å². The van der Waals surface area contributed by atoms with E-state index in [0.717, 1.165) is 31.2 Å². The molecule has 0 spiro atoms. The molecule has 1 N–H and O–H groups in total. The molecule has 5 nitrogen and oxygen atoms in total. The summed E-state index contributed by atoms with van der Waals surface area (Å²) in [5.74, 6) is 0.670. The first-order valence-electron chi connectivity index (χ1n) is 7.28. The number of hydrogen-bond donors (Lipinski definition) is 1. The van der Waals surface area contributed by atoms with Crippen molar-refractivity contribution in [2.45, 2.75) is 43.5 Å². The lowest BCUT2D eigenvalue weighted by Crippen LogP contribution is -2.40. The number of sulfonamides is 1. The van der Waals surface area contributed by atoms with Crippen LogP contribution in [0.25, 0.3) is 0 Å². The van der Waals surface area contributed by atoms with Gasteiger partial charge in [-0.15, -0.1) is 0 Å². The third-order valence-electron chi connectivity index (χ3n) is 4.03. The molecule has 0 aromatic heterocycles. The lowest BCUT2D eigenvalue weighted by molar-refractivity contribution is 0.226. The van der Waals surface area contributed by atoms with E-state index in [2.05, 4.69) is 0 Å². The zero-order chi connectivity index (χ0) is 15.5. The van der Waals surface area contributed by atoms with Gasteiger partial charge < -0.3 is 9.84 Å². The Bertz CT molecular complexity index is 579. The summed E-state index contributed by atoms with van der Waals surface area (Å²) in [5, 5.41) is 9.22. The van der Waals surface area contributed by atoms with Crippen molar-refractivity contribution in [3.05, 3.63) is 23.8 Å². The van der Waals surface area contributed by atoms with Crippen molar-refractivity contribution in [3.63, 3.8) is 0 Å². The van der Waals surface area contributed by atoms with E-state index >= 15 is 0 Å². The van der Waals surface area contributed by atoms with Gasteiger partial charge in [-0.1, -0.05) is 12.8 Å². The molecule has 2 rings (SSSR count). The normalized spacial score (nSPS) is 16.6. The molecule has 1 fully saturated rings. The van der Waals surface area contributed by atoms with Gasteiger partial charge in [-0.05, 0) is 43.5 Å². The van der Waals surface area contributed by atoms with E-state index < -0.39 is 10.0 Å². The molecule has 1 aliphatic rings. The first-order chi connectivity index (χ1) is 10.0. The Balaban J connectivity index is 2.35. The van der Waals surface area contributed by atoms with Gasteiger partial charge in [0.05, 0.1) is 18.6 Å². The van der Waals surface area contributed by atoms with Crippen LogP contribution in [-0.2, 0) is 10.0 Å². The van der Waals surface area contributed by atoms with Crippen LogP contribution in [0.5, 0.6) is 5.75 Å². The Morgan fingerprint density at radius 1 is 1.33 bits per heavy atom. The van der Waals surface area contributed by atoms with E-state index in [4.69, 9.17) is 4.74 Å². The lowest BCUT2D eigenvalue weighted by Gasteiger charge is -2.27. The molecule has 21 heavy (non-hydrogen) atoms. The van der Waals surface area contributed by atoms with E-state index in [-0.39, 0.29) is 24.1 Å². The SMILES string of the molecule is COc1ccc(S(=O)(=O)N(CCO)C2CCCC2)cc1C. The highest BCUT2D eigenvalue weighted by atomic mass is 32.2. The van der Waals surface area contributed by atoms with Gasteiger partial charge in [0, 0.05) is 12.6 Å². The molecule has 118 valence electrons. The van der Waals surface area contributed by atoms with Crippen molar-refractivity contribution in [1.82, 2.24) is 4.31 Å². The summed E-state index contributed by atoms with van der Waals surface area (Å²) in [7, 11) is -2.01. The van der Waals surface area contributed by atoms with Gasteiger partial charge in [-0.25, -0.2) is 8.42 Å². The molecule has 0 bridgehead atoms. The Kier molecular flexibility index (Phi) is 5.24. The molecular formula is C15H23NO4S. The summed E-state index contributed by atoms with van der Waals surface area (Å²) in [6.45, 7) is 1.81. The second-order valence-corrected chi connectivity index (χ2v) is 7.30. The van der Waals surface area contributed by atoms with Crippen LogP contribution in [0.3, 0.4) is 0 Å². The largest absolute Gasteiger partial charge is 0.496 e. The number of aliphatic hydroxyl groups is 1. The second-order valence-electron chi connectivity index (χ2n) is 5.41. The highest BCUT2D eigenvalue weighted by Gasteiger charge is 2.33. The minimum absolute atomic E-state index is 0.00422. The predicted molar refractivity (Wildman–Crippen MR) is 81.0 cm³/mol. The lowest BCUT2D eigenvalue weighted by atomic mass is 10.2. The maximum absolute atomic E-state index is 12.8. The van der Waals surface area contributed by atoms with Crippen LogP contribution in [0.4, 0.5) is 0 Å². The molecular weight excluding hydrogens is 290 g/mol. The quantitative estimate of drug-likeness (QED) is 0.871. The number of rotatable bonds is 6. The monoisotopic (exact) mass is 313 g/mol. The number of ether oxygens (including phenoxy) is 1. The number of nitrogens with zero attached hydrogens (tertiary/aromatic N) is 1. The number of hydrogen-bond acceptors (Lipinski definition) is 4. The smallest absolute Gasteiger partial charge is 0.243 e. The zero-order valence-corrected chi connectivity index (χ0v) is 13.4. The summed E-state index contributed by atoms with van der Waals surface area (Å²) < 4.78 is 32.3. The van der Waals surface area contributed by atoms with Crippen molar-refractivity contribution < 1.29 is 18.3 Å². The summed E-state index contributed by atoms with van der Waals surface area (Å²) >= 11 is 0. The molecule has 0 atom stereocenters. The fraction of sp³-hybridized carbons (Fsp3) is 0.600. The summed E-state index contributed by atoms with van der Waals surface area (Å²) in [4.78, 5) is 0.265. The predicted octanol–water partition coefficient (Wildman–Crippen LogP) is 1.93. The Morgan fingerprint density at radius 3 is 2.52 bits per heavy atom. The standard InChI is InChI=1S/C15H23NO4S/c1-12-11-14(7-8-15(12)20-2)21(18,19)16(9-10-17)13-5-3-4-6-13/h7-8,11,13,17H,3-6,9-10H2,1-2H3. The Labute approximate surface area is 126 Å². The molecule has 6 heteroatoms. The van der Waals surface area contributed by atoms with Crippen molar-refractivity contribution >= 4 is 10.0 Å². The topological polar surface area (TPSA) is 66.8 Å². The first-order valence-corrected chi connectivity index (χ1v) is 8.72. The van der Waals surface area contributed by atoms with Gasteiger partial charge in [0.25, 0.3) is 0 Å². The van der Waals surface area contributed by atoms with Crippen LogP contribution in [0.2, 0.25) is 0 Å². The maximum atomic E-state index is 12.8. The Hall–Kier alpha value is -1.11.